The number of hydrogen-bond donors (Lipinski definition) is 0. The average molecular weight is 468 g/mol. The average Bonchev–Trinajstić information content (AvgIpc) is 3.11. The van der Waals surface area contributed by atoms with Gasteiger partial charge in [-0.15, -0.1) is 0 Å². The highest BCUT2D eigenvalue weighted by molar-refractivity contribution is 8.18. The van der Waals surface area contributed by atoms with Gasteiger partial charge in [-0.05, 0) is 63.1 Å². The van der Waals surface area contributed by atoms with E-state index in [9.17, 15) is 24.5 Å². The van der Waals surface area contributed by atoms with Gasteiger partial charge in [-0.1, -0.05) is 48.5 Å². The molecule has 4 aromatic rings. The van der Waals surface area contributed by atoms with Crippen LogP contribution in [0, 0.1) is 10.1 Å². The van der Waals surface area contributed by atoms with Crippen LogP contribution in [0.4, 0.5) is 10.5 Å². The first-order valence-corrected chi connectivity index (χ1v) is 11.2. The summed E-state index contributed by atoms with van der Waals surface area (Å²) >= 11 is 0.794. The normalized spacial score (nSPS) is 14.9. The van der Waals surface area contributed by atoms with Gasteiger partial charge in [0.1, 0.15) is 0 Å². The predicted molar refractivity (Wildman–Crippen MR) is 132 cm³/mol. The summed E-state index contributed by atoms with van der Waals surface area (Å²) in [7, 11) is 0. The minimum atomic E-state index is -0.563. The van der Waals surface area contributed by atoms with Crippen LogP contribution in [0.25, 0.3) is 27.6 Å². The Morgan fingerprint density at radius 3 is 2.09 bits per heavy atom. The van der Waals surface area contributed by atoms with Crippen molar-refractivity contribution in [1.82, 2.24) is 4.90 Å². The minimum absolute atomic E-state index is 0.145. The molecule has 0 aliphatic carbocycles. The van der Waals surface area contributed by atoms with Crippen LogP contribution >= 0.6 is 11.8 Å². The summed E-state index contributed by atoms with van der Waals surface area (Å²) in [5.41, 5.74) is 0.877. The second kappa shape index (κ2) is 8.57. The zero-order valence-electron chi connectivity index (χ0n) is 17.6. The van der Waals surface area contributed by atoms with Crippen molar-refractivity contribution in [3.05, 3.63) is 105 Å². The number of thioether (sulfide) groups is 1. The first-order chi connectivity index (χ1) is 16.4. The van der Waals surface area contributed by atoms with Gasteiger partial charge in [-0.25, -0.2) is 0 Å². The molecule has 0 radical (unpaired) electrons. The molecule has 4 aromatic carbocycles. The van der Waals surface area contributed by atoms with Crippen molar-refractivity contribution in [2.45, 2.75) is 0 Å². The number of nitrogens with zero attached hydrogens (tertiary/aromatic N) is 2. The van der Waals surface area contributed by atoms with Crippen molar-refractivity contribution >= 4 is 62.0 Å². The summed E-state index contributed by atoms with van der Waals surface area (Å²) in [6, 6.07) is 22.8. The molecular formula is C26H16N2O5S. The summed E-state index contributed by atoms with van der Waals surface area (Å²) in [5, 5.41) is 14.2. The van der Waals surface area contributed by atoms with Gasteiger partial charge < -0.3 is 0 Å². The topological polar surface area (TPSA) is 97.6 Å². The Kier molecular flexibility index (Phi) is 5.43. The third-order valence-electron chi connectivity index (χ3n) is 5.66. The molecule has 0 saturated carbocycles. The zero-order valence-corrected chi connectivity index (χ0v) is 18.5. The van der Waals surface area contributed by atoms with E-state index < -0.39 is 28.4 Å². The molecule has 0 aromatic heterocycles. The maximum absolute atomic E-state index is 13.1. The summed E-state index contributed by atoms with van der Waals surface area (Å²) in [4.78, 5) is 49.7. The number of imide groups is 1. The van der Waals surface area contributed by atoms with E-state index in [1.165, 1.54) is 24.3 Å². The lowest BCUT2D eigenvalue weighted by Crippen LogP contribution is -2.33. The van der Waals surface area contributed by atoms with Crippen LogP contribution < -0.4 is 0 Å². The Morgan fingerprint density at radius 1 is 0.912 bits per heavy atom. The maximum atomic E-state index is 13.1. The van der Waals surface area contributed by atoms with E-state index in [1.807, 2.05) is 48.5 Å². The fourth-order valence-electron chi connectivity index (χ4n) is 3.98. The van der Waals surface area contributed by atoms with Gasteiger partial charge in [0.05, 0.1) is 16.4 Å². The Hall–Kier alpha value is -4.30. The molecule has 0 unspecified atom stereocenters. The molecule has 1 aliphatic rings. The van der Waals surface area contributed by atoms with Gasteiger partial charge in [0.15, 0.2) is 5.78 Å². The third-order valence-corrected chi connectivity index (χ3v) is 6.57. The molecule has 0 bridgehead atoms. The van der Waals surface area contributed by atoms with Crippen molar-refractivity contribution in [1.29, 1.82) is 0 Å². The largest absolute Gasteiger partial charge is 0.293 e. The van der Waals surface area contributed by atoms with Crippen molar-refractivity contribution in [2.24, 2.45) is 0 Å². The highest BCUT2D eigenvalue weighted by Crippen LogP contribution is 2.36. The second-order valence-electron chi connectivity index (χ2n) is 7.73. The van der Waals surface area contributed by atoms with Gasteiger partial charge in [0.2, 0.25) is 0 Å². The second-order valence-corrected chi connectivity index (χ2v) is 8.72. The molecule has 0 atom stereocenters. The van der Waals surface area contributed by atoms with E-state index in [4.69, 9.17) is 0 Å². The molecule has 8 heteroatoms. The minimum Gasteiger partial charge on any atom is -0.292 e. The lowest BCUT2D eigenvalue weighted by molar-refractivity contribution is -0.384. The van der Waals surface area contributed by atoms with Crippen LogP contribution in [0.5, 0.6) is 0 Å². The number of ketones is 1. The number of rotatable bonds is 5. The van der Waals surface area contributed by atoms with Crippen LogP contribution in [0.1, 0.15) is 15.9 Å². The predicted octanol–water partition coefficient (Wildman–Crippen LogP) is 5.82. The van der Waals surface area contributed by atoms with Crippen molar-refractivity contribution < 1.29 is 19.3 Å². The Morgan fingerprint density at radius 2 is 1.50 bits per heavy atom. The number of fused-ring (bicyclic) bond motifs is 2. The molecule has 34 heavy (non-hydrogen) atoms. The van der Waals surface area contributed by atoms with Crippen molar-refractivity contribution in [3.8, 4) is 0 Å². The highest BCUT2D eigenvalue weighted by atomic mass is 32.2. The zero-order chi connectivity index (χ0) is 23.8. The Balaban J connectivity index is 1.48. The fourth-order valence-corrected chi connectivity index (χ4v) is 4.80. The Labute approximate surface area is 197 Å². The number of carbonyl (C=O) groups excluding carboxylic acids is 3. The number of hydrogen-bond acceptors (Lipinski definition) is 6. The number of non-ortho nitro benzene ring substituents is 1. The Bertz CT molecular complexity index is 1490. The molecule has 166 valence electrons. The lowest BCUT2D eigenvalue weighted by Gasteiger charge is -2.11. The molecule has 5 rings (SSSR count). The van der Waals surface area contributed by atoms with Crippen LogP contribution in [-0.2, 0) is 4.79 Å². The van der Waals surface area contributed by atoms with E-state index in [0.29, 0.717) is 0 Å². The number of amides is 2. The fraction of sp³-hybridized carbons (Fsp3) is 0.0385. The first-order valence-electron chi connectivity index (χ1n) is 10.4. The van der Waals surface area contributed by atoms with Crippen LogP contribution in [0.15, 0.2) is 83.8 Å². The monoisotopic (exact) mass is 468 g/mol. The smallest absolute Gasteiger partial charge is 0.292 e. The summed E-state index contributed by atoms with van der Waals surface area (Å²) in [6.45, 7) is -0.434. The summed E-state index contributed by atoms with van der Waals surface area (Å²) in [5.74, 6) is -1.02. The third kappa shape index (κ3) is 3.84. The van der Waals surface area contributed by atoms with Crippen LogP contribution in [0.2, 0.25) is 0 Å². The van der Waals surface area contributed by atoms with Gasteiger partial charge in [0, 0.05) is 17.7 Å². The molecule has 0 N–H and O–H groups in total. The molecule has 1 aliphatic heterocycles. The van der Waals surface area contributed by atoms with Crippen LogP contribution in [-0.4, -0.2) is 33.3 Å². The lowest BCUT2D eigenvalue weighted by atomic mass is 9.96. The van der Waals surface area contributed by atoms with Gasteiger partial charge >= 0.3 is 0 Å². The van der Waals surface area contributed by atoms with Crippen LogP contribution in [0.3, 0.4) is 0 Å². The highest BCUT2D eigenvalue weighted by Gasteiger charge is 2.36. The van der Waals surface area contributed by atoms with Gasteiger partial charge in [-0.3, -0.25) is 29.4 Å². The van der Waals surface area contributed by atoms with Crippen molar-refractivity contribution in [2.75, 3.05) is 6.54 Å². The molecular weight excluding hydrogens is 452 g/mol. The SMILES string of the molecule is O=C(CN1C(=O)S/C(=C/c2c3ccccc3cc3ccccc23)C1=O)c1ccc([N+](=O)[O-])cc1. The quantitative estimate of drug-likeness (QED) is 0.120. The van der Waals surface area contributed by atoms with E-state index >= 15 is 0 Å². The molecule has 1 fully saturated rings. The van der Waals surface area contributed by atoms with Gasteiger partial charge in [0.25, 0.3) is 16.8 Å². The molecule has 1 saturated heterocycles. The van der Waals surface area contributed by atoms with E-state index in [2.05, 4.69) is 6.07 Å². The van der Waals surface area contributed by atoms with Gasteiger partial charge in [-0.2, -0.15) is 0 Å². The molecule has 0 spiro atoms. The maximum Gasteiger partial charge on any atom is 0.293 e. The molecule has 7 nitrogen and oxygen atoms in total. The van der Waals surface area contributed by atoms with E-state index in [0.717, 1.165) is 43.8 Å². The number of Topliss-reactive ketones (excluding diaryl/α,β-unsaturated/α-hetero) is 1. The van der Waals surface area contributed by atoms with E-state index in [1.54, 1.807) is 6.08 Å². The van der Waals surface area contributed by atoms with E-state index in [-0.39, 0.29) is 16.2 Å². The number of benzene rings is 4. The van der Waals surface area contributed by atoms with Crippen molar-refractivity contribution in [3.63, 3.8) is 0 Å². The number of carbonyl (C=O) groups is 3. The standard InChI is InChI=1S/C26H16N2O5S/c29-23(16-9-11-19(12-10-16)28(32)33)15-27-25(30)24(34-26(27)31)14-22-20-7-3-1-5-17(20)13-18-6-2-4-8-21(18)22/h1-14H,15H2/b24-14+. The number of nitro groups is 1. The first kappa shape index (κ1) is 21.5. The molecule has 2 amide bonds. The summed E-state index contributed by atoms with van der Waals surface area (Å²) in [6.07, 6.45) is 1.71. The number of nitro benzene ring substituents is 1. The molecule has 1 heterocycles. The summed E-state index contributed by atoms with van der Waals surface area (Å²) < 4.78 is 0.